The summed E-state index contributed by atoms with van der Waals surface area (Å²) in [5.41, 5.74) is 10.1. The van der Waals surface area contributed by atoms with Crippen molar-refractivity contribution in [3.63, 3.8) is 0 Å². The molecule has 0 radical (unpaired) electrons. The zero-order valence-corrected chi connectivity index (χ0v) is 9.33. The van der Waals surface area contributed by atoms with E-state index in [0.717, 1.165) is 25.7 Å². The predicted molar refractivity (Wildman–Crippen MR) is 58.4 cm³/mol. The average Bonchev–Trinajstić information content (AvgIpc) is 2.65. The van der Waals surface area contributed by atoms with Crippen LogP contribution >= 0.6 is 0 Å². The highest BCUT2D eigenvalue weighted by atomic mass is 16.5. The van der Waals surface area contributed by atoms with Gasteiger partial charge in [0.25, 0.3) is 0 Å². The minimum absolute atomic E-state index is 0.121. The van der Waals surface area contributed by atoms with Crippen LogP contribution in [-0.4, -0.2) is 37.1 Å². The molecule has 0 heterocycles. The molecular formula is C10H19N3O3. The topological polar surface area (TPSA) is 107 Å². The summed E-state index contributed by atoms with van der Waals surface area (Å²) >= 11 is 0. The van der Waals surface area contributed by atoms with Gasteiger partial charge in [0, 0.05) is 6.54 Å². The number of nitrogens with one attached hydrogen (secondary N) is 1. The van der Waals surface area contributed by atoms with Gasteiger partial charge in [-0.25, -0.2) is 0 Å². The maximum Gasteiger partial charge on any atom is 0.243 e. The van der Waals surface area contributed by atoms with Gasteiger partial charge >= 0.3 is 0 Å². The Balaban J connectivity index is 2.13. The lowest BCUT2D eigenvalue weighted by Gasteiger charge is -2.22. The van der Waals surface area contributed by atoms with Gasteiger partial charge in [0.1, 0.15) is 6.61 Å². The first-order chi connectivity index (χ1) is 7.54. The number of amides is 2. The second-order valence-corrected chi connectivity index (χ2v) is 4.14. The number of primary amides is 1. The first-order valence-electron chi connectivity index (χ1n) is 5.48. The van der Waals surface area contributed by atoms with E-state index in [1.807, 2.05) is 0 Å². The number of hydrogen-bond donors (Lipinski definition) is 3. The molecular weight excluding hydrogens is 210 g/mol. The summed E-state index contributed by atoms with van der Waals surface area (Å²) in [5, 5.41) is 2.70. The molecule has 5 N–H and O–H groups in total. The van der Waals surface area contributed by atoms with Crippen LogP contribution in [0.5, 0.6) is 0 Å². The third-order valence-corrected chi connectivity index (χ3v) is 2.72. The molecule has 0 aliphatic heterocycles. The second-order valence-electron chi connectivity index (χ2n) is 4.14. The van der Waals surface area contributed by atoms with E-state index in [1.165, 1.54) is 0 Å². The second kappa shape index (κ2) is 5.81. The summed E-state index contributed by atoms with van der Waals surface area (Å²) in [6.07, 6.45) is 3.48. The van der Waals surface area contributed by atoms with Crippen molar-refractivity contribution in [2.45, 2.75) is 31.2 Å². The van der Waals surface area contributed by atoms with Crippen molar-refractivity contribution in [1.82, 2.24) is 5.32 Å². The molecule has 1 aliphatic carbocycles. The molecule has 0 unspecified atom stereocenters. The number of carbonyl (C=O) groups excluding carboxylic acids is 2. The predicted octanol–water partition coefficient (Wildman–Crippen LogP) is -1.12. The summed E-state index contributed by atoms with van der Waals surface area (Å²) < 4.78 is 4.91. The van der Waals surface area contributed by atoms with Crippen LogP contribution in [0.3, 0.4) is 0 Å². The highest BCUT2D eigenvalue weighted by Crippen LogP contribution is 2.26. The van der Waals surface area contributed by atoms with Crippen LogP contribution in [-0.2, 0) is 14.3 Å². The van der Waals surface area contributed by atoms with E-state index in [-0.39, 0.29) is 19.1 Å². The largest absolute Gasteiger partial charge is 0.370 e. The summed E-state index contributed by atoms with van der Waals surface area (Å²) in [7, 11) is 0. The minimum atomic E-state index is -0.705. The highest BCUT2D eigenvalue weighted by molar-refractivity contribution is 5.86. The van der Waals surface area contributed by atoms with E-state index in [4.69, 9.17) is 16.2 Å². The Morgan fingerprint density at radius 3 is 2.50 bits per heavy atom. The van der Waals surface area contributed by atoms with E-state index < -0.39 is 11.4 Å². The van der Waals surface area contributed by atoms with Crippen molar-refractivity contribution in [3.05, 3.63) is 0 Å². The fraction of sp³-hybridized carbons (Fsp3) is 0.800. The number of hydrogen-bond acceptors (Lipinski definition) is 4. The van der Waals surface area contributed by atoms with Crippen molar-refractivity contribution >= 4 is 11.8 Å². The quantitative estimate of drug-likeness (QED) is 0.501. The van der Waals surface area contributed by atoms with E-state index in [2.05, 4.69) is 5.32 Å². The first-order valence-corrected chi connectivity index (χ1v) is 5.48. The molecule has 16 heavy (non-hydrogen) atoms. The summed E-state index contributed by atoms with van der Waals surface area (Å²) in [6, 6.07) is 0. The SMILES string of the molecule is NC(=O)COCCNC(=O)C1(N)CCCC1. The molecule has 1 rings (SSSR count). The standard InChI is InChI=1S/C10H19N3O3/c11-8(14)7-16-6-5-13-9(15)10(12)3-1-2-4-10/h1-7,12H2,(H2,11,14)(H,13,15). The number of carbonyl (C=O) groups is 2. The zero-order chi connectivity index (χ0) is 12.0. The molecule has 0 aromatic carbocycles. The zero-order valence-electron chi connectivity index (χ0n) is 9.33. The van der Waals surface area contributed by atoms with Crippen LogP contribution in [0.1, 0.15) is 25.7 Å². The number of ether oxygens (including phenoxy) is 1. The van der Waals surface area contributed by atoms with E-state index in [9.17, 15) is 9.59 Å². The maximum absolute atomic E-state index is 11.7. The van der Waals surface area contributed by atoms with Gasteiger partial charge in [-0.3, -0.25) is 9.59 Å². The fourth-order valence-corrected chi connectivity index (χ4v) is 1.82. The summed E-state index contributed by atoms with van der Waals surface area (Å²) in [6.45, 7) is 0.499. The van der Waals surface area contributed by atoms with Crippen molar-refractivity contribution in [1.29, 1.82) is 0 Å². The molecule has 1 saturated carbocycles. The lowest BCUT2D eigenvalue weighted by atomic mass is 9.98. The molecule has 0 saturated heterocycles. The van der Waals surface area contributed by atoms with Gasteiger partial charge in [-0.05, 0) is 12.8 Å². The van der Waals surface area contributed by atoms with Crippen molar-refractivity contribution < 1.29 is 14.3 Å². The Bertz CT molecular complexity index is 262. The molecule has 1 aliphatic rings. The van der Waals surface area contributed by atoms with Crippen LogP contribution in [0.2, 0.25) is 0 Å². The van der Waals surface area contributed by atoms with Gasteiger partial charge in [-0.1, -0.05) is 12.8 Å². The molecule has 0 aromatic rings. The van der Waals surface area contributed by atoms with Crippen molar-refractivity contribution in [2.24, 2.45) is 11.5 Å². The smallest absolute Gasteiger partial charge is 0.243 e. The van der Waals surface area contributed by atoms with Crippen LogP contribution in [0.15, 0.2) is 0 Å². The Morgan fingerprint density at radius 1 is 1.31 bits per heavy atom. The molecule has 1 fully saturated rings. The van der Waals surface area contributed by atoms with Gasteiger partial charge in [0.2, 0.25) is 11.8 Å². The van der Waals surface area contributed by atoms with Crippen molar-refractivity contribution in [3.8, 4) is 0 Å². The van der Waals surface area contributed by atoms with Crippen LogP contribution in [0.4, 0.5) is 0 Å². The Morgan fingerprint density at radius 2 is 1.94 bits per heavy atom. The average molecular weight is 229 g/mol. The van der Waals surface area contributed by atoms with E-state index >= 15 is 0 Å². The molecule has 0 spiro atoms. The molecule has 0 bridgehead atoms. The van der Waals surface area contributed by atoms with Crippen LogP contribution in [0, 0.1) is 0 Å². The number of rotatable bonds is 6. The van der Waals surface area contributed by atoms with Gasteiger partial charge in [-0.15, -0.1) is 0 Å². The van der Waals surface area contributed by atoms with E-state index in [0.29, 0.717) is 6.54 Å². The molecule has 92 valence electrons. The molecule has 0 atom stereocenters. The van der Waals surface area contributed by atoms with Gasteiger partial charge < -0.3 is 21.5 Å². The van der Waals surface area contributed by atoms with E-state index in [1.54, 1.807) is 0 Å². The molecule has 6 heteroatoms. The van der Waals surface area contributed by atoms with Gasteiger partial charge in [0.15, 0.2) is 0 Å². The van der Waals surface area contributed by atoms with Gasteiger partial charge in [0.05, 0.1) is 12.1 Å². The van der Waals surface area contributed by atoms with Crippen LogP contribution < -0.4 is 16.8 Å². The minimum Gasteiger partial charge on any atom is -0.370 e. The maximum atomic E-state index is 11.7. The lowest BCUT2D eigenvalue weighted by molar-refractivity contribution is -0.126. The summed E-state index contributed by atoms with van der Waals surface area (Å²) in [5.74, 6) is -0.648. The third kappa shape index (κ3) is 3.79. The summed E-state index contributed by atoms with van der Waals surface area (Å²) in [4.78, 5) is 22.0. The number of nitrogens with two attached hydrogens (primary N) is 2. The van der Waals surface area contributed by atoms with Gasteiger partial charge in [-0.2, -0.15) is 0 Å². The van der Waals surface area contributed by atoms with Crippen molar-refractivity contribution in [2.75, 3.05) is 19.8 Å². The Hall–Kier alpha value is -1.14. The molecule has 0 aromatic heterocycles. The Kier molecular flexibility index (Phi) is 4.70. The first kappa shape index (κ1) is 12.9. The lowest BCUT2D eigenvalue weighted by Crippen LogP contribution is -2.52. The fourth-order valence-electron chi connectivity index (χ4n) is 1.82. The molecule has 2 amide bonds. The Labute approximate surface area is 94.7 Å². The monoisotopic (exact) mass is 229 g/mol. The third-order valence-electron chi connectivity index (χ3n) is 2.72. The van der Waals surface area contributed by atoms with Crippen LogP contribution in [0.25, 0.3) is 0 Å². The normalized spacial score (nSPS) is 18.3. The molecule has 6 nitrogen and oxygen atoms in total. The highest BCUT2D eigenvalue weighted by Gasteiger charge is 2.36.